The molecule has 2 unspecified atom stereocenters. The summed E-state index contributed by atoms with van der Waals surface area (Å²) in [5.74, 6) is 6.24. The van der Waals surface area contributed by atoms with Gasteiger partial charge in [0.15, 0.2) is 52.4 Å². The number of rotatable bonds is 13. The molecule has 0 radical (unpaired) electrons. The van der Waals surface area contributed by atoms with Gasteiger partial charge in [0.2, 0.25) is 0 Å². The van der Waals surface area contributed by atoms with E-state index in [2.05, 4.69) is 272 Å². The van der Waals surface area contributed by atoms with Gasteiger partial charge < -0.3 is 17.7 Å². The molecular weight excluding hydrogens is 1750 g/mol. The van der Waals surface area contributed by atoms with E-state index in [4.69, 9.17) is 67.5 Å². The molecule has 0 N–H and O–H groups in total. The van der Waals surface area contributed by atoms with Crippen LogP contribution in [0.2, 0.25) is 0 Å². The fourth-order valence-electron chi connectivity index (χ4n) is 23.2. The molecule has 0 amide bonds. The van der Waals surface area contributed by atoms with Crippen LogP contribution in [-0.2, 0) is 16.2 Å². The largest absolute Gasteiger partial charge is 0.456 e. The predicted octanol–water partition coefficient (Wildman–Crippen LogP) is 31.4. The van der Waals surface area contributed by atoms with Crippen LogP contribution in [0.1, 0.15) is 94.3 Å². The molecule has 142 heavy (non-hydrogen) atoms. The molecule has 28 rings (SSSR count). The highest BCUT2D eigenvalue weighted by Crippen LogP contribution is 2.62. The van der Waals surface area contributed by atoms with Crippen LogP contribution in [0.5, 0.6) is 0 Å². The topological polar surface area (TPSA) is 207 Å². The first-order valence-corrected chi connectivity index (χ1v) is 48.4. The van der Waals surface area contributed by atoms with Crippen LogP contribution in [0.4, 0.5) is 0 Å². The zero-order valence-corrected chi connectivity index (χ0v) is 79.1. The van der Waals surface area contributed by atoms with Crippen molar-refractivity contribution < 1.29 is 17.7 Å². The number of para-hydroxylation sites is 3. The number of hydrogen-bond acceptors (Lipinski definition) is 16. The first kappa shape index (κ1) is 84.7. The molecule has 10 heterocycles. The lowest BCUT2D eigenvalue weighted by atomic mass is 9.62. The standard InChI is InChI=1S/C44H28N4O.C44H31N3O2.C38H31N5O/c1-44(30-15-6-3-7-16-30)35-26-29(20-21-32(35)33-22-23-37-38(39(33)44)34-18-10-11-19-36(34)49-37)42-46-41(28-13-4-2-5-14-28)47-43(48-42)40-31-17-9-8-12-27(31)24-25-45-40;1-25(2)44(3)33-17-9-7-14-28(33)29-22-23-36-39(40(29)44)31-21-20-27(24-37(31)49-36)42-45-41(26-12-5-4-6-13-26)46-43(47-42)32-16-11-19-35-38(32)30-15-8-10-18-34(30)48-35;1-22(2)38(23(3)4)28-17-15-24(21-27(28)25-16-18-32-33(34(25)38)26-11-5-6-14-31(26)44-32)35-41-36(29-12-7-9-19-39-29)43-37(42-35)30-13-8-10-20-40-30/h2-26H,1H3;4-25H,1-3H3;5-23H,1-4H3. The number of pyridine rings is 3. The van der Waals surface area contributed by atoms with E-state index in [-0.39, 0.29) is 10.8 Å². The van der Waals surface area contributed by atoms with Crippen LogP contribution in [-0.4, -0.2) is 59.8 Å². The number of fused-ring (bicyclic) bond motifs is 25. The Morgan fingerprint density at radius 2 is 0.641 bits per heavy atom. The molecule has 25 aromatic rings. The lowest BCUT2D eigenvalue weighted by Gasteiger charge is -2.40. The lowest BCUT2D eigenvalue weighted by Crippen LogP contribution is -2.37. The molecule has 2 atom stereocenters. The van der Waals surface area contributed by atoms with Crippen molar-refractivity contribution >= 4 is 98.5 Å². The Morgan fingerprint density at radius 3 is 1.23 bits per heavy atom. The Kier molecular flexibility index (Phi) is 19.9. The summed E-state index contributed by atoms with van der Waals surface area (Å²) in [6, 6.07) is 125. The molecule has 16 heteroatoms. The summed E-state index contributed by atoms with van der Waals surface area (Å²) in [6.45, 7) is 18.7. The van der Waals surface area contributed by atoms with Gasteiger partial charge in [0, 0.05) is 117 Å². The summed E-state index contributed by atoms with van der Waals surface area (Å²) in [7, 11) is 0. The maximum Gasteiger partial charge on any atom is 0.183 e. The number of benzene rings is 15. The van der Waals surface area contributed by atoms with E-state index < -0.39 is 5.41 Å². The summed E-state index contributed by atoms with van der Waals surface area (Å²) in [5.41, 5.74) is 30.3. The molecule has 678 valence electrons. The third kappa shape index (κ3) is 13.3. The van der Waals surface area contributed by atoms with E-state index in [0.717, 1.165) is 127 Å². The number of aromatic nitrogens is 12. The van der Waals surface area contributed by atoms with Crippen molar-refractivity contribution in [2.24, 2.45) is 17.8 Å². The second-order valence-electron chi connectivity index (χ2n) is 38.4. The third-order valence-corrected chi connectivity index (χ3v) is 29.9. The first-order valence-electron chi connectivity index (χ1n) is 48.4. The van der Waals surface area contributed by atoms with E-state index in [1.54, 1.807) is 12.4 Å². The summed E-state index contributed by atoms with van der Waals surface area (Å²) in [6.07, 6.45) is 5.33. The van der Waals surface area contributed by atoms with E-state index >= 15 is 0 Å². The molecule has 3 aliphatic rings. The molecule has 3 aliphatic carbocycles. The molecular formula is C126H90N12O4. The maximum atomic E-state index is 6.65. The first-order chi connectivity index (χ1) is 69.6. The van der Waals surface area contributed by atoms with Crippen LogP contribution in [0, 0.1) is 17.8 Å². The molecule has 10 aromatic heterocycles. The van der Waals surface area contributed by atoms with Crippen molar-refractivity contribution in [3.63, 3.8) is 0 Å². The number of furan rings is 4. The summed E-state index contributed by atoms with van der Waals surface area (Å²) < 4.78 is 25.7. The van der Waals surface area contributed by atoms with Crippen molar-refractivity contribution in [1.29, 1.82) is 0 Å². The summed E-state index contributed by atoms with van der Waals surface area (Å²) in [5, 5.41) is 11.1. The zero-order valence-electron chi connectivity index (χ0n) is 79.1. The quantitative estimate of drug-likeness (QED) is 0.105. The number of hydrogen-bond donors (Lipinski definition) is 0. The molecule has 16 nitrogen and oxygen atoms in total. The average Bonchev–Trinajstić information content (AvgIpc) is 1.47. The number of nitrogens with zero attached hydrogens (tertiary/aromatic N) is 12. The second kappa shape index (κ2) is 33.3. The molecule has 15 aromatic carbocycles. The third-order valence-electron chi connectivity index (χ3n) is 29.9. The van der Waals surface area contributed by atoms with Gasteiger partial charge in [-0.3, -0.25) is 15.0 Å². The van der Waals surface area contributed by atoms with Gasteiger partial charge in [0.1, 0.15) is 61.7 Å². The Labute approximate surface area is 817 Å². The lowest BCUT2D eigenvalue weighted by molar-refractivity contribution is 0.282. The highest BCUT2D eigenvalue weighted by atomic mass is 16.3. The average molecular weight is 1840 g/mol. The Morgan fingerprint density at radius 1 is 0.225 bits per heavy atom. The minimum atomic E-state index is -0.469. The van der Waals surface area contributed by atoms with Gasteiger partial charge in [-0.05, 0) is 199 Å². The second-order valence-corrected chi connectivity index (χ2v) is 38.4. The van der Waals surface area contributed by atoms with Crippen molar-refractivity contribution in [3.05, 3.63) is 422 Å². The Hall–Kier alpha value is -17.8. The van der Waals surface area contributed by atoms with E-state index in [1.165, 1.54) is 83.1 Å². The predicted molar refractivity (Wildman–Crippen MR) is 568 cm³/mol. The van der Waals surface area contributed by atoms with Crippen molar-refractivity contribution in [1.82, 2.24) is 59.8 Å². The van der Waals surface area contributed by atoms with Crippen molar-refractivity contribution in [2.75, 3.05) is 0 Å². The van der Waals surface area contributed by atoms with Crippen molar-refractivity contribution in [3.8, 4) is 136 Å². The highest BCUT2D eigenvalue weighted by Gasteiger charge is 2.51. The maximum absolute atomic E-state index is 6.65. The monoisotopic (exact) mass is 1830 g/mol. The Bertz CT molecular complexity index is 9330. The molecule has 0 aliphatic heterocycles. The van der Waals surface area contributed by atoms with Crippen molar-refractivity contribution in [2.45, 2.75) is 71.6 Å². The minimum absolute atomic E-state index is 0.146. The van der Waals surface area contributed by atoms with Gasteiger partial charge in [-0.25, -0.2) is 44.9 Å². The SMILES string of the molecule is CC(C)C1(C(C)C)c2ccc(-c3nc(-c4ccccn4)nc(-c4ccccn4)n3)cc2-c2ccc3oc4ccccc4c3c21.CC(C)C1(C)c2ccccc2-c2ccc3oc4cc(-c5nc(-c6ccccc6)nc(-c6cccc7oc8ccccc8c67)n5)ccc4c3c21.CC1(c2ccccc2)c2cc(-c3nc(-c4ccccc4)nc(-c4nccc5ccccc45)n3)ccc2-c2ccc3oc4ccccc4c3c21. The highest BCUT2D eigenvalue weighted by molar-refractivity contribution is 6.16. The minimum Gasteiger partial charge on any atom is -0.456 e. The van der Waals surface area contributed by atoms with Crippen LogP contribution < -0.4 is 0 Å². The Balaban J connectivity index is 0.000000109. The van der Waals surface area contributed by atoms with Gasteiger partial charge in [-0.1, -0.05) is 315 Å². The fraction of sp³-hybridized carbons (Fsp3) is 0.111. The summed E-state index contributed by atoms with van der Waals surface area (Å²) >= 11 is 0. The van der Waals surface area contributed by atoms with Crippen LogP contribution in [0.3, 0.4) is 0 Å². The van der Waals surface area contributed by atoms with Crippen LogP contribution >= 0.6 is 0 Å². The molecule has 0 saturated carbocycles. The molecule has 0 saturated heterocycles. The van der Waals surface area contributed by atoms with E-state index in [1.807, 2.05) is 164 Å². The van der Waals surface area contributed by atoms with E-state index in [0.29, 0.717) is 81.6 Å². The summed E-state index contributed by atoms with van der Waals surface area (Å²) in [4.78, 5) is 58.9. The normalized spacial score (nSPS) is 14.8. The van der Waals surface area contributed by atoms with Gasteiger partial charge in [0.25, 0.3) is 0 Å². The molecule has 0 bridgehead atoms. The smallest absolute Gasteiger partial charge is 0.183 e. The van der Waals surface area contributed by atoms with Gasteiger partial charge >= 0.3 is 0 Å². The molecule has 0 spiro atoms. The van der Waals surface area contributed by atoms with E-state index in [9.17, 15) is 0 Å². The molecule has 0 fully saturated rings. The van der Waals surface area contributed by atoms with Gasteiger partial charge in [-0.2, -0.15) is 0 Å². The van der Waals surface area contributed by atoms with Gasteiger partial charge in [-0.15, -0.1) is 0 Å². The fourth-order valence-corrected chi connectivity index (χ4v) is 23.2. The van der Waals surface area contributed by atoms with Gasteiger partial charge in [0.05, 0.1) is 0 Å². The van der Waals surface area contributed by atoms with Crippen LogP contribution in [0.15, 0.2) is 400 Å². The van der Waals surface area contributed by atoms with Crippen LogP contribution in [0.25, 0.3) is 235 Å². The zero-order chi connectivity index (χ0) is 95.4.